The highest BCUT2D eigenvalue weighted by Gasteiger charge is 2.01. The van der Waals surface area contributed by atoms with E-state index in [1.807, 2.05) is 0 Å². The molecule has 0 amide bonds. The number of hydrogen-bond donors (Lipinski definition) is 0. The fourth-order valence-electron chi connectivity index (χ4n) is 2.24. The van der Waals surface area contributed by atoms with E-state index in [1.54, 1.807) is 0 Å². The molecular formula is C14H11B. The van der Waals surface area contributed by atoms with Crippen LogP contribution >= 0.6 is 0 Å². The summed E-state index contributed by atoms with van der Waals surface area (Å²) < 4.78 is 0. The van der Waals surface area contributed by atoms with Gasteiger partial charge in [-0.05, 0) is 27.6 Å². The Morgan fingerprint density at radius 3 is 1.67 bits per heavy atom. The van der Waals surface area contributed by atoms with Crippen LogP contribution in [0.2, 0.25) is 0 Å². The molecule has 0 aliphatic heterocycles. The monoisotopic (exact) mass is 190 g/mol. The van der Waals surface area contributed by atoms with Crippen molar-refractivity contribution in [3.63, 3.8) is 0 Å². The van der Waals surface area contributed by atoms with Gasteiger partial charge in [0, 0.05) is 0 Å². The Kier molecular flexibility index (Phi) is 1.78. The topological polar surface area (TPSA) is 0 Å². The van der Waals surface area contributed by atoms with E-state index in [4.69, 9.17) is 0 Å². The van der Waals surface area contributed by atoms with Gasteiger partial charge in [-0.1, -0.05) is 54.0 Å². The summed E-state index contributed by atoms with van der Waals surface area (Å²) in [6.07, 6.45) is 0. The molecular weight excluding hydrogens is 179 g/mol. The lowest BCUT2D eigenvalue weighted by Gasteiger charge is -2.07. The van der Waals surface area contributed by atoms with Crippen LogP contribution in [0.1, 0.15) is 0 Å². The normalized spacial score (nSPS) is 10.9. The summed E-state index contributed by atoms with van der Waals surface area (Å²) in [4.78, 5) is 0. The van der Waals surface area contributed by atoms with Gasteiger partial charge in [0.1, 0.15) is 7.85 Å². The molecule has 15 heavy (non-hydrogen) atoms. The molecule has 70 valence electrons. The molecule has 3 rings (SSSR count). The maximum Gasteiger partial charge on any atom is 0.140 e. The Hall–Kier alpha value is -1.76. The predicted octanol–water partition coefficient (Wildman–Crippen LogP) is 2.25. The molecule has 0 spiro atoms. The molecule has 0 bridgehead atoms. The smallest absolute Gasteiger partial charge is 0.0736 e. The second-order valence-corrected chi connectivity index (χ2v) is 3.94. The van der Waals surface area contributed by atoms with E-state index >= 15 is 0 Å². The SMILES string of the molecule is Bc1c2ccccc2cc2ccccc12. The zero-order valence-corrected chi connectivity index (χ0v) is 8.70. The van der Waals surface area contributed by atoms with Crippen molar-refractivity contribution in [3.05, 3.63) is 54.6 Å². The summed E-state index contributed by atoms with van der Waals surface area (Å²) >= 11 is 0. The molecule has 0 aliphatic rings. The Labute approximate surface area is 89.9 Å². The first-order valence-corrected chi connectivity index (χ1v) is 5.23. The van der Waals surface area contributed by atoms with Gasteiger partial charge >= 0.3 is 0 Å². The molecule has 0 aromatic heterocycles. The summed E-state index contributed by atoms with van der Waals surface area (Å²) in [7, 11) is 2.20. The maximum absolute atomic E-state index is 2.26. The van der Waals surface area contributed by atoms with Gasteiger partial charge in [0.15, 0.2) is 0 Å². The van der Waals surface area contributed by atoms with Crippen LogP contribution in [0.5, 0.6) is 0 Å². The third kappa shape index (κ3) is 1.24. The molecule has 0 fully saturated rings. The van der Waals surface area contributed by atoms with E-state index in [2.05, 4.69) is 62.4 Å². The molecule has 3 aromatic rings. The highest BCUT2D eigenvalue weighted by atomic mass is 14.0. The third-order valence-corrected chi connectivity index (χ3v) is 3.04. The second-order valence-electron chi connectivity index (χ2n) is 3.94. The van der Waals surface area contributed by atoms with E-state index in [0.717, 1.165) is 0 Å². The van der Waals surface area contributed by atoms with E-state index in [9.17, 15) is 0 Å². The van der Waals surface area contributed by atoms with Gasteiger partial charge in [-0.15, -0.1) is 0 Å². The summed E-state index contributed by atoms with van der Waals surface area (Å²) in [5.41, 5.74) is 1.38. The standard InChI is InChI=1S/C14H11B/c15-14-12-7-3-1-5-10(12)9-11-6-2-4-8-13(11)14/h1-9H,15H2. The minimum Gasteiger partial charge on any atom is -0.0736 e. The van der Waals surface area contributed by atoms with Gasteiger partial charge in [-0.3, -0.25) is 0 Å². The Morgan fingerprint density at radius 2 is 1.13 bits per heavy atom. The van der Waals surface area contributed by atoms with Crippen LogP contribution in [0, 0.1) is 0 Å². The zero-order valence-electron chi connectivity index (χ0n) is 8.70. The lowest BCUT2D eigenvalue weighted by molar-refractivity contribution is 1.78. The molecule has 0 atom stereocenters. The molecule has 0 unspecified atom stereocenters. The predicted molar refractivity (Wildman–Crippen MR) is 69.6 cm³/mol. The van der Waals surface area contributed by atoms with Crippen LogP contribution < -0.4 is 5.46 Å². The first-order valence-electron chi connectivity index (χ1n) is 5.23. The van der Waals surface area contributed by atoms with E-state index in [1.165, 1.54) is 27.0 Å². The average Bonchev–Trinajstić information content (AvgIpc) is 2.30. The summed E-state index contributed by atoms with van der Waals surface area (Å²) in [5, 5.41) is 5.37. The highest BCUT2D eigenvalue weighted by molar-refractivity contribution is 6.45. The van der Waals surface area contributed by atoms with Gasteiger partial charge < -0.3 is 0 Å². The Morgan fingerprint density at radius 1 is 0.667 bits per heavy atom. The van der Waals surface area contributed by atoms with Crippen molar-refractivity contribution in [2.24, 2.45) is 0 Å². The van der Waals surface area contributed by atoms with Gasteiger partial charge in [0.25, 0.3) is 0 Å². The van der Waals surface area contributed by atoms with Gasteiger partial charge in [0.2, 0.25) is 0 Å². The summed E-state index contributed by atoms with van der Waals surface area (Å²) in [6.45, 7) is 0. The average molecular weight is 190 g/mol. The largest absolute Gasteiger partial charge is 0.140 e. The number of fused-ring (bicyclic) bond motifs is 2. The third-order valence-electron chi connectivity index (χ3n) is 3.04. The van der Waals surface area contributed by atoms with Crippen LogP contribution in [-0.2, 0) is 0 Å². The van der Waals surface area contributed by atoms with Gasteiger partial charge in [-0.2, -0.15) is 0 Å². The first kappa shape index (κ1) is 8.54. The zero-order chi connectivity index (χ0) is 10.3. The minimum absolute atomic E-state index is 1.33. The van der Waals surface area contributed by atoms with Crippen LogP contribution in [0.25, 0.3) is 21.5 Å². The van der Waals surface area contributed by atoms with Crippen molar-refractivity contribution < 1.29 is 0 Å². The lowest BCUT2D eigenvalue weighted by Crippen LogP contribution is -2.05. The fraction of sp³-hybridized carbons (Fsp3) is 0. The van der Waals surface area contributed by atoms with Crippen LogP contribution in [0.4, 0.5) is 0 Å². The Balaban J connectivity index is 2.60. The van der Waals surface area contributed by atoms with Crippen molar-refractivity contribution in [3.8, 4) is 0 Å². The number of rotatable bonds is 0. The number of hydrogen-bond acceptors (Lipinski definition) is 0. The molecule has 0 saturated carbocycles. The van der Waals surface area contributed by atoms with Crippen molar-refractivity contribution in [2.45, 2.75) is 0 Å². The summed E-state index contributed by atoms with van der Waals surface area (Å²) in [5.74, 6) is 0. The molecule has 0 aliphatic carbocycles. The second kappa shape index (κ2) is 3.13. The van der Waals surface area contributed by atoms with Crippen LogP contribution in [0.15, 0.2) is 54.6 Å². The van der Waals surface area contributed by atoms with Gasteiger partial charge in [0.05, 0.1) is 0 Å². The van der Waals surface area contributed by atoms with Crippen molar-refractivity contribution in [1.82, 2.24) is 0 Å². The molecule has 0 saturated heterocycles. The molecule has 0 heterocycles. The highest BCUT2D eigenvalue weighted by Crippen LogP contribution is 2.19. The molecule has 3 aromatic carbocycles. The first-order chi connectivity index (χ1) is 7.36. The fourth-order valence-corrected chi connectivity index (χ4v) is 2.24. The lowest BCUT2D eigenvalue weighted by atomic mass is 9.85. The van der Waals surface area contributed by atoms with Gasteiger partial charge in [-0.25, -0.2) is 0 Å². The Bertz CT molecular complexity index is 587. The molecule has 0 radical (unpaired) electrons. The molecule has 1 heteroatoms. The van der Waals surface area contributed by atoms with Crippen LogP contribution in [-0.4, -0.2) is 7.85 Å². The van der Waals surface area contributed by atoms with Crippen LogP contribution in [0.3, 0.4) is 0 Å². The molecule has 0 nitrogen and oxygen atoms in total. The maximum atomic E-state index is 2.26. The molecule has 0 N–H and O–H groups in total. The summed E-state index contributed by atoms with van der Waals surface area (Å²) in [6, 6.07) is 19.4. The van der Waals surface area contributed by atoms with Crippen molar-refractivity contribution >= 4 is 34.9 Å². The van der Waals surface area contributed by atoms with Crippen molar-refractivity contribution in [1.29, 1.82) is 0 Å². The van der Waals surface area contributed by atoms with E-state index in [0.29, 0.717) is 0 Å². The van der Waals surface area contributed by atoms with E-state index in [-0.39, 0.29) is 0 Å². The van der Waals surface area contributed by atoms with Crippen molar-refractivity contribution in [2.75, 3.05) is 0 Å². The number of benzene rings is 3. The van der Waals surface area contributed by atoms with E-state index < -0.39 is 0 Å². The quantitative estimate of drug-likeness (QED) is 0.376. The minimum atomic E-state index is 1.33.